The van der Waals surface area contributed by atoms with Crippen molar-refractivity contribution in [3.05, 3.63) is 42.5 Å². The maximum atomic E-state index is 12.5. The molecule has 0 saturated carbocycles. The first-order valence-electron chi connectivity index (χ1n) is 8.71. The third kappa shape index (κ3) is 4.13. The topological polar surface area (TPSA) is 67.5 Å². The molecule has 2 aromatic heterocycles. The van der Waals surface area contributed by atoms with Crippen molar-refractivity contribution in [3.63, 3.8) is 0 Å². The van der Waals surface area contributed by atoms with Crippen molar-refractivity contribution in [2.24, 2.45) is 0 Å². The summed E-state index contributed by atoms with van der Waals surface area (Å²) >= 11 is 0. The van der Waals surface area contributed by atoms with Crippen LogP contribution in [0, 0.1) is 0 Å². The first-order valence-corrected chi connectivity index (χ1v) is 8.71. The van der Waals surface area contributed by atoms with E-state index in [9.17, 15) is 8.78 Å². The normalized spacial score (nSPS) is 15.6. The third-order valence-corrected chi connectivity index (χ3v) is 4.54. The summed E-state index contributed by atoms with van der Waals surface area (Å²) in [4.78, 5) is 12.8. The van der Waals surface area contributed by atoms with Crippen molar-refractivity contribution in [2.75, 3.05) is 37.7 Å². The second-order valence-electron chi connectivity index (χ2n) is 6.34. The lowest BCUT2D eigenvalue weighted by molar-refractivity contribution is 0.0804. The van der Waals surface area contributed by atoms with Crippen LogP contribution in [0.15, 0.2) is 41.4 Å². The van der Waals surface area contributed by atoms with Crippen LogP contribution in [0.2, 0.25) is 0 Å². The minimum atomic E-state index is -2.55. The summed E-state index contributed by atoms with van der Waals surface area (Å²) in [5.74, 6) is 0.187. The van der Waals surface area contributed by atoms with E-state index in [1.54, 1.807) is 6.26 Å². The van der Waals surface area contributed by atoms with Crippen molar-refractivity contribution < 1.29 is 18.0 Å². The molecule has 1 aromatic carbocycles. The molecule has 0 N–H and O–H groups in total. The first kappa shape index (κ1) is 17.6. The lowest BCUT2D eigenvalue weighted by atomic mass is 10.2. The number of nitrogens with zero attached hydrogens (tertiary/aromatic N) is 5. The van der Waals surface area contributed by atoms with Crippen molar-refractivity contribution in [2.45, 2.75) is 13.0 Å². The lowest BCUT2D eigenvalue weighted by Gasteiger charge is -2.35. The predicted octanol–water partition coefficient (Wildman–Crippen LogP) is 2.58. The van der Waals surface area contributed by atoms with Gasteiger partial charge in [-0.15, -0.1) is 0 Å². The maximum absolute atomic E-state index is 12.5. The molecule has 0 radical (unpaired) electrons. The summed E-state index contributed by atoms with van der Waals surface area (Å²) < 4.78 is 35.0. The van der Waals surface area contributed by atoms with E-state index in [4.69, 9.17) is 9.26 Å². The molecule has 1 aliphatic heterocycles. The zero-order chi connectivity index (χ0) is 18.6. The standard InChI is InChI=1S/C18H19F2N5O2/c19-17(20)11-26-18-15-9-14(1-2-16(15)21-12-22-18)25-6-4-24(5-7-25)10-13-3-8-27-23-13/h1-3,8-9,12,17H,4-7,10-11H2. The molecule has 1 aliphatic rings. The van der Waals surface area contributed by atoms with E-state index in [-0.39, 0.29) is 5.88 Å². The highest BCUT2D eigenvalue weighted by molar-refractivity contribution is 5.86. The number of piperazine rings is 1. The molecule has 142 valence electrons. The van der Waals surface area contributed by atoms with Crippen molar-refractivity contribution in [3.8, 4) is 5.88 Å². The molecule has 27 heavy (non-hydrogen) atoms. The minimum absolute atomic E-state index is 0.187. The molecule has 0 atom stereocenters. The highest BCUT2D eigenvalue weighted by Crippen LogP contribution is 2.27. The largest absolute Gasteiger partial charge is 0.471 e. The van der Waals surface area contributed by atoms with Crippen LogP contribution in [-0.2, 0) is 6.54 Å². The SMILES string of the molecule is FC(F)COc1ncnc2ccc(N3CCN(Cc4ccon4)CC3)cc12. The van der Waals surface area contributed by atoms with Gasteiger partial charge in [0.25, 0.3) is 6.43 Å². The van der Waals surface area contributed by atoms with Gasteiger partial charge in [-0.2, -0.15) is 0 Å². The number of halogens is 2. The van der Waals surface area contributed by atoms with Crippen LogP contribution in [-0.4, -0.2) is 59.2 Å². The van der Waals surface area contributed by atoms with Gasteiger partial charge in [-0.25, -0.2) is 18.7 Å². The van der Waals surface area contributed by atoms with Gasteiger partial charge in [-0.3, -0.25) is 4.90 Å². The number of anilines is 1. The second kappa shape index (κ2) is 7.83. The van der Waals surface area contributed by atoms with Gasteiger partial charge in [0.05, 0.1) is 16.6 Å². The van der Waals surface area contributed by atoms with Gasteiger partial charge in [0.1, 0.15) is 12.6 Å². The van der Waals surface area contributed by atoms with Gasteiger partial charge in [0, 0.05) is 44.5 Å². The van der Waals surface area contributed by atoms with Crippen LogP contribution >= 0.6 is 0 Å². The molecule has 1 saturated heterocycles. The van der Waals surface area contributed by atoms with Crippen molar-refractivity contribution >= 4 is 16.6 Å². The predicted molar refractivity (Wildman–Crippen MR) is 95.0 cm³/mol. The quantitative estimate of drug-likeness (QED) is 0.656. The van der Waals surface area contributed by atoms with E-state index in [2.05, 4.69) is 24.9 Å². The van der Waals surface area contributed by atoms with Crippen molar-refractivity contribution in [1.82, 2.24) is 20.0 Å². The van der Waals surface area contributed by atoms with Crippen LogP contribution < -0.4 is 9.64 Å². The number of fused-ring (bicyclic) bond motifs is 1. The Kier molecular flexibility index (Phi) is 5.10. The molecule has 0 aliphatic carbocycles. The van der Waals surface area contributed by atoms with Gasteiger partial charge in [-0.05, 0) is 18.2 Å². The first-order chi connectivity index (χ1) is 13.2. The third-order valence-electron chi connectivity index (χ3n) is 4.54. The smallest absolute Gasteiger partial charge is 0.272 e. The molecule has 3 heterocycles. The van der Waals surface area contributed by atoms with E-state index >= 15 is 0 Å². The number of hydrogen-bond donors (Lipinski definition) is 0. The Morgan fingerprint density at radius 2 is 1.96 bits per heavy atom. The van der Waals surface area contributed by atoms with Crippen molar-refractivity contribution in [1.29, 1.82) is 0 Å². The zero-order valence-corrected chi connectivity index (χ0v) is 14.6. The number of ether oxygens (including phenoxy) is 1. The van der Waals surface area contributed by atoms with Crippen LogP contribution in [0.25, 0.3) is 10.9 Å². The summed E-state index contributed by atoms with van der Waals surface area (Å²) in [5, 5.41) is 4.59. The van der Waals surface area contributed by atoms with Crippen LogP contribution in [0.5, 0.6) is 5.88 Å². The minimum Gasteiger partial charge on any atom is -0.471 e. The fourth-order valence-corrected chi connectivity index (χ4v) is 3.19. The van der Waals surface area contributed by atoms with Gasteiger partial charge in [-0.1, -0.05) is 5.16 Å². The average Bonchev–Trinajstić information content (AvgIpc) is 3.19. The number of alkyl halides is 2. The Bertz CT molecular complexity index is 883. The van der Waals surface area contributed by atoms with Crippen LogP contribution in [0.4, 0.5) is 14.5 Å². The Balaban J connectivity index is 1.46. The van der Waals surface area contributed by atoms with Gasteiger partial charge >= 0.3 is 0 Å². The Labute approximate surface area is 154 Å². The molecule has 9 heteroatoms. The molecule has 0 amide bonds. The molecule has 7 nitrogen and oxygen atoms in total. The zero-order valence-electron chi connectivity index (χ0n) is 14.6. The molecule has 0 bridgehead atoms. The van der Waals surface area contributed by atoms with Gasteiger partial charge in [0.2, 0.25) is 5.88 Å². The van der Waals surface area contributed by atoms with Gasteiger partial charge in [0.15, 0.2) is 6.61 Å². The number of hydrogen-bond acceptors (Lipinski definition) is 7. The molecule has 0 unspecified atom stereocenters. The second-order valence-corrected chi connectivity index (χ2v) is 6.34. The van der Waals surface area contributed by atoms with E-state index in [1.165, 1.54) is 6.33 Å². The average molecular weight is 375 g/mol. The summed E-state index contributed by atoms with van der Waals surface area (Å²) in [6, 6.07) is 7.63. The molecular weight excluding hydrogens is 356 g/mol. The monoisotopic (exact) mass is 375 g/mol. The highest BCUT2D eigenvalue weighted by Gasteiger charge is 2.19. The summed E-state index contributed by atoms with van der Waals surface area (Å²) in [6.45, 7) is 3.57. The van der Waals surface area contributed by atoms with E-state index < -0.39 is 13.0 Å². The molecule has 1 fully saturated rings. The summed E-state index contributed by atoms with van der Waals surface area (Å²) in [7, 11) is 0. The maximum Gasteiger partial charge on any atom is 0.272 e. The molecule has 0 spiro atoms. The summed E-state index contributed by atoms with van der Waals surface area (Å²) in [5.41, 5.74) is 2.59. The Morgan fingerprint density at radius 1 is 1.11 bits per heavy atom. The fraction of sp³-hybridized carbons (Fsp3) is 0.389. The number of aromatic nitrogens is 3. The van der Waals surface area contributed by atoms with Gasteiger partial charge < -0.3 is 14.2 Å². The van der Waals surface area contributed by atoms with E-state index in [0.29, 0.717) is 10.9 Å². The molecule has 3 aromatic rings. The Morgan fingerprint density at radius 3 is 2.70 bits per heavy atom. The fourth-order valence-electron chi connectivity index (χ4n) is 3.19. The van der Waals surface area contributed by atoms with E-state index in [0.717, 1.165) is 44.1 Å². The molecule has 4 rings (SSSR count). The molecular formula is C18H19F2N5O2. The number of benzene rings is 1. The Hall–Kier alpha value is -2.81. The number of rotatable bonds is 6. The van der Waals surface area contributed by atoms with E-state index in [1.807, 2.05) is 24.3 Å². The van der Waals surface area contributed by atoms with Crippen LogP contribution in [0.1, 0.15) is 5.69 Å². The van der Waals surface area contributed by atoms with Crippen LogP contribution in [0.3, 0.4) is 0 Å². The summed E-state index contributed by atoms with van der Waals surface area (Å²) in [6.07, 6.45) is 0.359. The lowest BCUT2D eigenvalue weighted by Crippen LogP contribution is -2.46. The highest BCUT2D eigenvalue weighted by atomic mass is 19.3.